The molecule has 1 unspecified atom stereocenters. The predicted octanol–water partition coefficient (Wildman–Crippen LogP) is 4.51. The Bertz CT molecular complexity index is 953. The van der Waals surface area contributed by atoms with Crippen LogP contribution in [0.1, 0.15) is 0 Å². The van der Waals surface area contributed by atoms with Crippen molar-refractivity contribution in [1.82, 2.24) is 0 Å². The van der Waals surface area contributed by atoms with Gasteiger partial charge in [-0.3, -0.25) is 4.79 Å². The van der Waals surface area contributed by atoms with Crippen LogP contribution in [0.15, 0.2) is 51.9 Å². The molecular formula is C16H10IO5P. The molecule has 3 aromatic rings. The largest absolute Gasteiger partial charge is 0.467 e. The Morgan fingerprint density at radius 3 is 2.83 bits per heavy atom. The number of halogens is 1. The molecule has 0 saturated heterocycles. The Morgan fingerprint density at radius 2 is 1.96 bits per heavy atom. The zero-order valence-corrected chi connectivity index (χ0v) is 14.8. The van der Waals surface area contributed by atoms with Crippen molar-refractivity contribution in [2.75, 3.05) is 6.79 Å². The van der Waals surface area contributed by atoms with Gasteiger partial charge in [0.25, 0.3) is 0 Å². The molecule has 23 heavy (non-hydrogen) atoms. The topological polar surface area (TPSA) is 57.9 Å². The van der Waals surface area contributed by atoms with Gasteiger partial charge in [-0.2, -0.15) is 0 Å². The van der Waals surface area contributed by atoms with Crippen molar-refractivity contribution >= 4 is 39.5 Å². The van der Waals surface area contributed by atoms with E-state index in [0.717, 1.165) is 5.56 Å². The average Bonchev–Trinajstić information content (AvgIpc) is 3.03. The number of fused-ring (bicyclic) bond motifs is 2. The Hall–Kier alpha value is -1.79. The Morgan fingerprint density at radius 1 is 1.09 bits per heavy atom. The molecule has 2 aromatic carbocycles. The molecule has 0 radical (unpaired) electrons. The summed E-state index contributed by atoms with van der Waals surface area (Å²) in [7, 11) is 0. The van der Waals surface area contributed by atoms with Crippen molar-refractivity contribution in [3.05, 3.63) is 52.9 Å². The van der Waals surface area contributed by atoms with Crippen LogP contribution in [-0.2, 0) is 0 Å². The lowest BCUT2D eigenvalue weighted by atomic mass is 10.0. The molecule has 0 bridgehead atoms. The third-order valence-corrected chi connectivity index (χ3v) is 4.56. The number of hydrogen-bond acceptors (Lipinski definition) is 5. The summed E-state index contributed by atoms with van der Waals surface area (Å²) in [4.78, 5) is 12.7. The average molecular weight is 440 g/mol. The van der Waals surface area contributed by atoms with Crippen LogP contribution in [0.5, 0.6) is 17.2 Å². The van der Waals surface area contributed by atoms with E-state index in [1.54, 1.807) is 30.3 Å². The fourth-order valence-corrected chi connectivity index (χ4v) is 3.46. The maximum atomic E-state index is 12.7. The van der Waals surface area contributed by atoms with Gasteiger partial charge in [0.1, 0.15) is 24.0 Å². The molecular weight excluding hydrogens is 430 g/mol. The first-order valence-corrected chi connectivity index (χ1v) is 10.8. The van der Waals surface area contributed by atoms with Gasteiger partial charge in [0.15, 0.2) is 16.9 Å². The van der Waals surface area contributed by atoms with Gasteiger partial charge >= 0.3 is 0 Å². The van der Waals surface area contributed by atoms with Gasteiger partial charge in [0.05, 0.1) is 10.9 Å². The molecule has 1 atom stereocenters. The van der Waals surface area contributed by atoms with Gasteiger partial charge in [-0.25, -0.2) is 0 Å². The molecule has 0 saturated carbocycles. The number of ether oxygens (including phenoxy) is 2. The van der Waals surface area contributed by atoms with Crippen molar-refractivity contribution in [1.29, 1.82) is 0 Å². The van der Waals surface area contributed by atoms with Crippen LogP contribution in [0.3, 0.4) is 0 Å². The van der Waals surface area contributed by atoms with E-state index in [-0.39, 0.29) is 12.2 Å². The second-order valence-corrected chi connectivity index (χ2v) is 6.56. The molecule has 0 amide bonds. The molecule has 116 valence electrons. The van der Waals surface area contributed by atoms with E-state index in [0.29, 0.717) is 40.2 Å². The first-order valence-electron chi connectivity index (χ1n) is 6.74. The van der Waals surface area contributed by atoms with Crippen molar-refractivity contribution in [2.24, 2.45) is 0 Å². The van der Waals surface area contributed by atoms with Gasteiger partial charge in [-0.15, -0.1) is 0 Å². The molecule has 1 aliphatic heterocycles. The van der Waals surface area contributed by atoms with E-state index >= 15 is 0 Å². The van der Waals surface area contributed by atoms with Crippen LogP contribution in [0, 0.1) is 0 Å². The Labute approximate surface area is 145 Å². The van der Waals surface area contributed by atoms with Crippen molar-refractivity contribution in [2.45, 2.75) is 0 Å². The lowest BCUT2D eigenvalue weighted by Crippen LogP contribution is -2.04. The Balaban J connectivity index is 1.83. The van der Waals surface area contributed by atoms with Gasteiger partial charge in [0.2, 0.25) is 6.79 Å². The van der Waals surface area contributed by atoms with E-state index in [2.05, 4.69) is 22.0 Å². The SMILES string of the molecule is O=c1c(-c2ccc3c(c2)OCO3)coc2cc(OPI)ccc12. The summed E-state index contributed by atoms with van der Waals surface area (Å²) in [6.45, 7) is 0.506. The number of hydrogen-bond donors (Lipinski definition) is 0. The summed E-state index contributed by atoms with van der Waals surface area (Å²) < 4.78 is 21.7. The van der Waals surface area contributed by atoms with Gasteiger partial charge in [-0.1, -0.05) is 6.07 Å². The van der Waals surface area contributed by atoms with E-state index in [1.165, 1.54) is 6.26 Å². The predicted molar refractivity (Wildman–Crippen MR) is 97.0 cm³/mol. The molecule has 5 nitrogen and oxygen atoms in total. The molecule has 0 N–H and O–H groups in total. The summed E-state index contributed by atoms with van der Waals surface area (Å²) in [6, 6.07) is 10.6. The first-order chi connectivity index (χ1) is 11.3. The second kappa shape index (κ2) is 6.02. The van der Waals surface area contributed by atoms with E-state index < -0.39 is 0 Å². The number of rotatable bonds is 3. The van der Waals surface area contributed by atoms with E-state index in [9.17, 15) is 4.79 Å². The second-order valence-electron chi connectivity index (χ2n) is 4.88. The highest BCUT2D eigenvalue weighted by atomic mass is 127. The normalized spacial score (nSPS) is 13.1. The maximum absolute atomic E-state index is 12.7. The van der Waals surface area contributed by atoms with Crippen LogP contribution in [0.2, 0.25) is 0 Å². The molecule has 2 heterocycles. The molecule has 0 spiro atoms. The zero-order valence-electron chi connectivity index (χ0n) is 11.7. The van der Waals surface area contributed by atoms with Crippen LogP contribution in [-0.4, -0.2) is 6.79 Å². The van der Waals surface area contributed by atoms with E-state index in [4.69, 9.17) is 18.4 Å². The third-order valence-electron chi connectivity index (χ3n) is 3.59. The molecule has 7 heteroatoms. The summed E-state index contributed by atoms with van der Waals surface area (Å²) in [5, 5.41) is 0.518. The van der Waals surface area contributed by atoms with Gasteiger partial charge < -0.3 is 18.4 Å². The first kappa shape index (κ1) is 14.8. The van der Waals surface area contributed by atoms with E-state index in [1.807, 2.05) is 6.07 Å². The third kappa shape index (κ3) is 2.66. The highest BCUT2D eigenvalue weighted by molar-refractivity contribution is 14.2. The number of benzene rings is 2. The van der Waals surface area contributed by atoms with Crippen molar-refractivity contribution < 1.29 is 18.4 Å². The summed E-state index contributed by atoms with van der Waals surface area (Å²) in [5.74, 6) is 2.00. The van der Waals surface area contributed by atoms with Crippen molar-refractivity contribution in [3.8, 4) is 28.4 Å². The fourth-order valence-electron chi connectivity index (χ4n) is 2.48. The molecule has 0 fully saturated rings. The summed E-state index contributed by atoms with van der Waals surface area (Å²) in [5.41, 5.74) is 1.64. The smallest absolute Gasteiger partial charge is 0.231 e. The Kier molecular flexibility index (Phi) is 3.87. The summed E-state index contributed by atoms with van der Waals surface area (Å²) in [6.07, 6.45) is 1.47. The molecule has 1 aliphatic rings. The highest BCUT2D eigenvalue weighted by Crippen LogP contribution is 2.36. The minimum Gasteiger partial charge on any atom is -0.467 e. The standard InChI is InChI=1S/C16H10IO5P/c17-23-22-10-2-3-11-14(6-10)19-7-12(16(11)18)9-1-4-13-15(5-9)21-8-20-13/h1-7,23H,8H2. The lowest BCUT2D eigenvalue weighted by Gasteiger charge is -2.06. The van der Waals surface area contributed by atoms with Crippen LogP contribution in [0.4, 0.5) is 0 Å². The van der Waals surface area contributed by atoms with Crippen LogP contribution in [0.25, 0.3) is 22.1 Å². The van der Waals surface area contributed by atoms with Crippen molar-refractivity contribution in [3.63, 3.8) is 0 Å². The molecule has 1 aromatic heterocycles. The molecule has 4 rings (SSSR count). The quantitative estimate of drug-likeness (QED) is 0.443. The van der Waals surface area contributed by atoms with Gasteiger partial charge in [-0.05, 0) is 51.9 Å². The minimum atomic E-state index is -0.0893. The fraction of sp³-hybridized carbons (Fsp3) is 0.0625. The highest BCUT2D eigenvalue weighted by Gasteiger charge is 2.16. The maximum Gasteiger partial charge on any atom is 0.231 e. The van der Waals surface area contributed by atoms with Gasteiger partial charge in [0, 0.05) is 6.07 Å². The summed E-state index contributed by atoms with van der Waals surface area (Å²) >= 11 is 2.14. The molecule has 0 aliphatic carbocycles. The lowest BCUT2D eigenvalue weighted by molar-refractivity contribution is 0.174. The zero-order chi connectivity index (χ0) is 15.8. The van der Waals surface area contributed by atoms with Crippen LogP contribution >= 0.6 is 28.5 Å². The monoisotopic (exact) mass is 440 g/mol. The minimum absolute atomic E-state index is 0.0893. The van der Waals surface area contributed by atoms with Crippen LogP contribution < -0.4 is 19.4 Å².